The van der Waals surface area contributed by atoms with Gasteiger partial charge in [-0.1, -0.05) is 11.6 Å². The number of nitro groups is 1. The van der Waals surface area contributed by atoms with Crippen molar-refractivity contribution in [1.29, 1.82) is 0 Å². The van der Waals surface area contributed by atoms with Crippen molar-refractivity contribution in [1.82, 2.24) is 0 Å². The van der Waals surface area contributed by atoms with Crippen LogP contribution < -0.4 is 0 Å². The van der Waals surface area contributed by atoms with Crippen LogP contribution in [0.3, 0.4) is 0 Å². The molecule has 7 heteroatoms. The predicted molar refractivity (Wildman–Crippen MR) is 51.2 cm³/mol. The topological polar surface area (TPSA) is 60.2 Å². The monoisotopic (exact) mass is 281 g/mol. The van der Waals surface area contributed by atoms with Crippen molar-refractivity contribution in [3.05, 3.63) is 37.1 Å². The van der Waals surface area contributed by atoms with E-state index in [1.54, 1.807) is 0 Å². The minimum absolute atomic E-state index is 0.0878. The van der Waals surface area contributed by atoms with Gasteiger partial charge in [0.05, 0.1) is 20.0 Å². The van der Waals surface area contributed by atoms with Gasteiger partial charge in [0.2, 0.25) is 5.82 Å². The molecule has 0 N–H and O–H groups in total. The van der Waals surface area contributed by atoms with E-state index in [4.69, 9.17) is 11.6 Å². The lowest BCUT2D eigenvalue weighted by Gasteiger charge is -2.01. The van der Waals surface area contributed by atoms with Crippen molar-refractivity contribution in [3.8, 4) is 0 Å². The fourth-order valence-electron chi connectivity index (χ4n) is 0.879. The maximum absolute atomic E-state index is 13.2. The first kappa shape index (κ1) is 11.1. The predicted octanol–water partition coefficient (Wildman–Crippen LogP) is 2.96. The van der Waals surface area contributed by atoms with Crippen molar-refractivity contribution in [2.75, 3.05) is 0 Å². The molecule has 0 aliphatic rings. The molecule has 14 heavy (non-hydrogen) atoms. The number of hydrogen-bond donors (Lipinski definition) is 0. The van der Waals surface area contributed by atoms with E-state index in [1.807, 2.05) is 0 Å². The third-order valence-electron chi connectivity index (χ3n) is 1.48. The van der Waals surface area contributed by atoms with E-state index < -0.39 is 16.4 Å². The Hall–Kier alpha value is -1.01. The third kappa shape index (κ3) is 1.76. The minimum Gasteiger partial charge on any atom is -0.298 e. The summed E-state index contributed by atoms with van der Waals surface area (Å²) < 4.78 is 13.0. The molecule has 1 aromatic rings. The summed E-state index contributed by atoms with van der Waals surface area (Å²) in [6.45, 7) is 0. The number of hydrogen-bond acceptors (Lipinski definition) is 3. The second-order valence-electron chi connectivity index (χ2n) is 2.30. The maximum atomic E-state index is 13.2. The minimum atomic E-state index is -1.15. The van der Waals surface area contributed by atoms with Crippen LogP contribution >= 0.6 is 27.5 Å². The van der Waals surface area contributed by atoms with Crippen molar-refractivity contribution in [2.24, 2.45) is 0 Å². The van der Waals surface area contributed by atoms with Crippen LogP contribution in [0.15, 0.2) is 10.5 Å². The lowest BCUT2D eigenvalue weighted by Crippen LogP contribution is -1.99. The highest BCUT2D eigenvalue weighted by Gasteiger charge is 2.24. The lowest BCUT2D eigenvalue weighted by molar-refractivity contribution is -0.387. The molecule has 0 saturated carbocycles. The number of rotatable bonds is 2. The Labute approximate surface area is 90.9 Å². The smallest absolute Gasteiger partial charge is 0.298 e. The SMILES string of the molecule is O=Cc1cc(Cl)c(Br)c(F)c1[N+](=O)[O-]. The Morgan fingerprint density at radius 1 is 1.64 bits per heavy atom. The number of aldehydes is 1. The quantitative estimate of drug-likeness (QED) is 0.362. The zero-order valence-electron chi connectivity index (χ0n) is 6.46. The number of nitro benzene ring substituents is 1. The van der Waals surface area contributed by atoms with E-state index in [0.717, 1.165) is 6.07 Å². The van der Waals surface area contributed by atoms with Gasteiger partial charge in [0.15, 0.2) is 6.29 Å². The van der Waals surface area contributed by atoms with Gasteiger partial charge in [0.25, 0.3) is 0 Å². The molecule has 4 nitrogen and oxygen atoms in total. The fraction of sp³-hybridized carbons (Fsp3) is 0. The highest BCUT2D eigenvalue weighted by Crippen LogP contribution is 2.33. The fourth-order valence-corrected chi connectivity index (χ4v) is 1.38. The molecule has 0 fully saturated rings. The normalized spacial score (nSPS) is 9.93. The van der Waals surface area contributed by atoms with Crippen LogP contribution in [-0.2, 0) is 0 Å². The van der Waals surface area contributed by atoms with Gasteiger partial charge >= 0.3 is 5.69 Å². The van der Waals surface area contributed by atoms with Crippen LogP contribution in [0.1, 0.15) is 10.4 Å². The standard InChI is InChI=1S/C7H2BrClFNO3/c8-5-4(9)1-3(2-12)7(6(5)10)11(13)14/h1-2H. The molecule has 1 aromatic carbocycles. The number of carbonyl (C=O) groups excluding carboxylic acids is 1. The van der Waals surface area contributed by atoms with Gasteiger partial charge in [0.1, 0.15) is 0 Å². The number of benzene rings is 1. The van der Waals surface area contributed by atoms with E-state index in [1.165, 1.54) is 0 Å². The highest BCUT2D eigenvalue weighted by molar-refractivity contribution is 9.10. The van der Waals surface area contributed by atoms with Crippen LogP contribution in [0.5, 0.6) is 0 Å². The van der Waals surface area contributed by atoms with Crippen LogP contribution in [0.2, 0.25) is 5.02 Å². The largest absolute Gasteiger partial charge is 0.316 e. The van der Waals surface area contributed by atoms with Crippen molar-refractivity contribution in [2.45, 2.75) is 0 Å². The molecule has 0 bridgehead atoms. The van der Waals surface area contributed by atoms with Crippen LogP contribution in [0, 0.1) is 15.9 Å². The Balaban J connectivity index is 3.61. The third-order valence-corrected chi connectivity index (χ3v) is 2.78. The Bertz CT molecular complexity index is 424. The second kappa shape index (κ2) is 4.02. The van der Waals surface area contributed by atoms with E-state index in [9.17, 15) is 19.3 Å². The summed E-state index contributed by atoms with van der Waals surface area (Å²) in [4.78, 5) is 19.8. The molecule has 0 atom stereocenters. The van der Waals surface area contributed by atoms with E-state index >= 15 is 0 Å². The molecule has 0 spiro atoms. The second-order valence-corrected chi connectivity index (χ2v) is 3.50. The van der Waals surface area contributed by atoms with Crippen molar-refractivity contribution in [3.63, 3.8) is 0 Å². The molecule has 0 amide bonds. The molecule has 0 saturated heterocycles. The molecule has 0 aromatic heterocycles. The van der Waals surface area contributed by atoms with Crippen LogP contribution in [0.25, 0.3) is 0 Å². The lowest BCUT2D eigenvalue weighted by atomic mass is 10.2. The molecular weight excluding hydrogens is 280 g/mol. The van der Waals surface area contributed by atoms with E-state index in [2.05, 4.69) is 15.9 Å². The molecule has 74 valence electrons. The van der Waals surface area contributed by atoms with Gasteiger partial charge in [-0.2, -0.15) is 4.39 Å². The van der Waals surface area contributed by atoms with E-state index in [-0.39, 0.29) is 21.3 Å². The zero-order valence-corrected chi connectivity index (χ0v) is 8.80. The molecule has 0 unspecified atom stereocenters. The van der Waals surface area contributed by atoms with Crippen LogP contribution in [-0.4, -0.2) is 11.2 Å². The average molecular weight is 282 g/mol. The maximum Gasteiger partial charge on any atom is 0.316 e. The summed E-state index contributed by atoms with van der Waals surface area (Å²) in [6.07, 6.45) is 0.180. The first-order valence-corrected chi connectivity index (χ1v) is 4.43. The highest BCUT2D eigenvalue weighted by atomic mass is 79.9. The first-order chi connectivity index (χ1) is 6.49. The van der Waals surface area contributed by atoms with Gasteiger partial charge in [-0.15, -0.1) is 0 Å². The summed E-state index contributed by atoms with van der Waals surface area (Å²) in [7, 11) is 0. The molecule has 0 aliphatic heterocycles. The number of halogens is 3. The average Bonchev–Trinajstić information content (AvgIpc) is 2.12. The number of nitrogens with zero attached hydrogens (tertiary/aromatic N) is 1. The molecule has 0 radical (unpaired) electrons. The van der Waals surface area contributed by atoms with Crippen LogP contribution in [0.4, 0.5) is 10.1 Å². The summed E-state index contributed by atoms with van der Waals surface area (Å²) >= 11 is 8.24. The molecule has 1 rings (SSSR count). The summed E-state index contributed by atoms with van der Waals surface area (Å²) in [5, 5.41) is 10.3. The Morgan fingerprint density at radius 3 is 2.64 bits per heavy atom. The zero-order chi connectivity index (χ0) is 10.9. The summed E-state index contributed by atoms with van der Waals surface area (Å²) in [5.41, 5.74) is -1.27. The number of carbonyl (C=O) groups is 1. The van der Waals surface area contributed by atoms with Gasteiger partial charge < -0.3 is 0 Å². The van der Waals surface area contributed by atoms with Gasteiger partial charge in [-0.05, 0) is 22.0 Å². The molecule has 0 heterocycles. The molecule has 0 aliphatic carbocycles. The Morgan fingerprint density at radius 2 is 2.21 bits per heavy atom. The van der Waals surface area contributed by atoms with Gasteiger partial charge in [-0.3, -0.25) is 14.9 Å². The summed E-state index contributed by atoms with van der Waals surface area (Å²) in [6, 6.07) is 1.03. The first-order valence-electron chi connectivity index (χ1n) is 3.26. The molecular formula is C7H2BrClFNO3. The van der Waals surface area contributed by atoms with Gasteiger partial charge in [-0.25, -0.2) is 0 Å². The van der Waals surface area contributed by atoms with Crippen molar-refractivity contribution >= 4 is 39.5 Å². The Kier molecular flexibility index (Phi) is 3.17. The van der Waals surface area contributed by atoms with Crippen molar-refractivity contribution < 1.29 is 14.1 Å². The van der Waals surface area contributed by atoms with Gasteiger partial charge in [0, 0.05) is 0 Å². The van der Waals surface area contributed by atoms with E-state index in [0.29, 0.717) is 0 Å². The summed E-state index contributed by atoms with van der Waals surface area (Å²) in [5.74, 6) is -1.15.